The number of hydrogen-bond acceptors (Lipinski definition) is 5. The lowest BCUT2D eigenvalue weighted by Crippen LogP contribution is -2.39. The number of rotatable bonds is 6. The molecule has 2 heterocycles. The number of amides is 1. The molecule has 0 unspecified atom stereocenters. The molecule has 8 heteroatoms. The van der Waals surface area contributed by atoms with Crippen LogP contribution < -0.4 is 10.2 Å². The lowest BCUT2D eigenvalue weighted by molar-refractivity contribution is -0.119. The van der Waals surface area contributed by atoms with E-state index in [1.54, 1.807) is 16.8 Å². The summed E-state index contributed by atoms with van der Waals surface area (Å²) in [5.74, 6) is -0.0191. The molecule has 0 aliphatic carbocycles. The van der Waals surface area contributed by atoms with E-state index in [9.17, 15) is 9.18 Å². The number of hydrogen-bond donors (Lipinski definition) is 1. The normalized spacial score (nSPS) is 14.9. The van der Waals surface area contributed by atoms with Crippen LogP contribution in [0, 0.1) is 12.7 Å². The van der Waals surface area contributed by atoms with E-state index in [2.05, 4.69) is 51.2 Å². The monoisotopic (exact) mass is 454 g/mol. The van der Waals surface area contributed by atoms with Gasteiger partial charge in [-0.15, -0.1) is 0 Å². The van der Waals surface area contributed by atoms with Crippen molar-refractivity contribution in [3.63, 3.8) is 0 Å². The Bertz CT molecular complexity index is 1320. The van der Waals surface area contributed by atoms with E-state index < -0.39 is 0 Å². The first-order valence-corrected chi connectivity index (χ1v) is 11.0. The Morgan fingerprint density at radius 1 is 1.00 bits per heavy atom. The third-order valence-electron chi connectivity index (χ3n) is 5.78. The average molecular weight is 455 g/mol. The minimum atomic E-state index is -0.309. The maximum absolute atomic E-state index is 13.2. The highest BCUT2D eigenvalue weighted by Gasteiger charge is 2.31. The summed E-state index contributed by atoms with van der Waals surface area (Å²) in [5.41, 5.74) is 4.85. The topological polar surface area (TPSA) is 75.9 Å². The van der Waals surface area contributed by atoms with Gasteiger partial charge in [0.25, 0.3) is 5.95 Å². The molecular formula is C26H23FN6O. The largest absolute Gasteiger partial charge is 0.350 e. The summed E-state index contributed by atoms with van der Waals surface area (Å²) >= 11 is 0. The number of anilines is 1. The van der Waals surface area contributed by atoms with E-state index in [4.69, 9.17) is 0 Å². The van der Waals surface area contributed by atoms with E-state index in [1.807, 2.05) is 42.2 Å². The molecule has 0 saturated carbocycles. The predicted molar refractivity (Wildman–Crippen MR) is 127 cm³/mol. The average Bonchev–Trinajstić information content (AvgIpc) is 3.35. The Labute approximate surface area is 196 Å². The molecule has 34 heavy (non-hydrogen) atoms. The zero-order chi connectivity index (χ0) is 23.5. The summed E-state index contributed by atoms with van der Waals surface area (Å²) < 4.78 is 14.9. The van der Waals surface area contributed by atoms with Gasteiger partial charge in [-0.1, -0.05) is 77.4 Å². The molecule has 0 fully saturated rings. The molecule has 1 aliphatic heterocycles. The zero-order valence-electron chi connectivity index (χ0n) is 18.6. The molecule has 1 atom stereocenters. The maximum Gasteiger partial charge on any atom is 0.251 e. The second-order valence-corrected chi connectivity index (χ2v) is 8.19. The van der Waals surface area contributed by atoms with Crippen molar-refractivity contribution in [1.29, 1.82) is 0 Å². The smallest absolute Gasteiger partial charge is 0.251 e. The predicted octanol–water partition coefficient (Wildman–Crippen LogP) is 3.89. The van der Waals surface area contributed by atoms with Crippen molar-refractivity contribution < 1.29 is 9.18 Å². The minimum absolute atomic E-state index is 0.0307. The Hall–Kier alpha value is -4.33. The van der Waals surface area contributed by atoms with E-state index in [0.717, 1.165) is 22.4 Å². The zero-order valence-corrected chi connectivity index (χ0v) is 18.6. The van der Waals surface area contributed by atoms with Crippen molar-refractivity contribution in [2.75, 3.05) is 11.4 Å². The molecule has 7 nitrogen and oxygen atoms in total. The fourth-order valence-corrected chi connectivity index (χ4v) is 3.98. The molecule has 1 amide bonds. The second kappa shape index (κ2) is 9.27. The summed E-state index contributed by atoms with van der Waals surface area (Å²) in [6.45, 7) is 2.38. The molecule has 0 spiro atoms. The third-order valence-corrected chi connectivity index (χ3v) is 5.78. The Balaban J connectivity index is 1.45. The number of carbonyl (C=O) groups is 1. The molecule has 0 saturated heterocycles. The molecule has 4 aromatic rings. The number of nitrogens with zero attached hydrogens (tertiary/aromatic N) is 5. The number of fused-ring (bicyclic) bond motifs is 1. The van der Waals surface area contributed by atoms with E-state index >= 15 is 0 Å². The van der Waals surface area contributed by atoms with Gasteiger partial charge in [-0.05, 0) is 52.2 Å². The van der Waals surface area contributed by atoms with E-state index in [-0.39, 0.29) is 24.3 Å². The highest BCUT2D eigenvalue weighted by molar-refractivity contribution is 5.89. The number of aromatic nitrogens is 4. The number of carbonyl (C=O) groups excluding carboxylic acids is 1. The first-order valence-electron chi connectivity index (χ1n) is 11.0. The van der Waals surface area contributed by atoms with Crippen LogP contribution >= 0.6 is 0 Å². The lowest BCUT2D eigenvalue weighted by atomic mass is 10.00. The molecular weight excluding hydrogens is 431 g/mol. The SMILES string of the molecule is Cc1ccc([C@@H]2C=C(c3ccccc3)N(CC(=O)NCc3ccc(F)cc3)c3nnnn32)cc1. The Morgan fingerprint density at radius 2 is 1.74 bits per heavy atom. The summed E-state index contributed by atoms with van der Waals surface area (Å²) in [4.78, 5) is 14.7. The molecule has 170 valence electrons. The molecule has 3 aromatic carbocycles. The number of halogens is 1. The Morgan fingerprint density at radius 3 is 2.47 bits per heavy atom. The van der Waals surface area contributed by atoms with Crippen molar-refractivity contribution in [3.05, 3.63) is 113 Å². The highest BCUT2D eigenvalue weighted by atomic mass is 19.1. The number of nitrogens with one attached hydrogen (secondary N) is 1. The first-order chi connectivity index (χ1) is 16.6. The van der Waals surface area contributed by atoms with Gasteiger partial charge in [0.15, 0.2) is 0 Å². The number of tetrazole rings is 1. The standard InChI is InChI=1S/C26H23FN6O/c1-18-7-11-21(12-8-18)24-15-23(20-5-3-2-4-6-20)32(26-29-30-31-33(24)26)17-25(34)28-16-19-9-13-22(27)14-10-19/h2-15,24H,16-17H2,1H3,(H,28,34)/t24-/m0/s1. The van der Waals surface area contributed by atoms with Gasteiger partial charge in [-0.3, -0.25) is 9.69 Å². The second-order valence-electron chi connectivity index (χ2n) is 8.19. The van der Waals surface area contributed by atoms with E-state index in [0.29, 0.717) is 12.5 Å². The third kappa shape index (κ3) is 4.43. The van der Waals surface area contributed by atoms with Crippen LogP contribution in [-0.4, -0.2) is 32.7 Å². The van der Waals surface area contributed by atoms with Crippen LogP contribution in [-0.2, 0) is 11.3 Å². The van der Waals surface area contributed by atoms with Crippen molar-refractivity contribution in [3.8, 4) is 0 Å². The molecule has 1 aliphatic rings. The first kappa shape index (κ1) is 21.5. The van der Waals surface area contributed by atoms with Gasteiger partial charge in [-0.2, -0.15) is 4.68 Å². The van der Waals surface area contributed by atoms with Gasteiger partial charge in [-0.25, -0.2) is 4.39 Å². The highest BCUT2D eigenvalue weighted by Crippen LogP contribution is 2.36. The van der Waals surface area contributed by atoms with Crippen molar-refractivity contribution in [2.45, 2.75) is 19.5 Å². The van der Waals surface area contributed by atoms with Gasteiger partial charge < -0.3 is 5.32 Å². The van der Waals surface area contributed by atoms with Crippen LogP contribution in [0.4, 0.5) is 10.3 Å². The van der Waals surface area contributed by atoms with Gasteiger partial charge in [0.05, 0.1) is 5.70 Å². The fraction of sp³-hybridized carbons (Fsp3) is 0.154. The number of benzene rings is 3. The van der Waals surface area contributed by atoms with Gasteiger partial charge in [0, 0.05) is 6.54 Å². The molecule has 0 bridgehead atoms. The maximum atomic E-state index is 13.2. The molecule has 0 radical (unpaired) electrons. The summed E-state index contributed by atoms with van der Waals surface area (Å²) in [7, 11) is 0. The van der Waals surface area contributed by atoms with Crippen LogP contribution in [0.25, 0.3) is 5.70 Å². The van der Waals surface area contributed by atoms with Crippen LogP contribution in [0.2, 0.25) is 0 Å². The molecule has 1 aromatic heterocycles. The van der Waals surface area contributed by atoms with E-state index in [1.165, 1.54) is 17.7 Å². The minimum Gasteiger partial charge on any atom is -0.350 e. The fourth-order valence-electron chi connectivity index (χ4n) is 3.98. The molecule has 1 N–H and O–H groups in total. The van der Waals surface area contributed by atoms with Gasteiger partial charge in [0.2, 0.25) is 5.91 Å². The summed E-state index contributed by atoms with van der Waals surface area (Å²) in [6, 6.07) is 24.0. The quantitative estimate of drug-likeness (QED) is 0.478. The summed E-state index contributed by atoms with van der Waals surface area (Å²) in [5, 5.41) is 15.3. The van der Waals surface area contributed by atoms with Crippen LogP contribution in [0.15, 0.2) is 84.9 Å². The van der Waals surface area contributed by atoms with Crippen molar-refractivity contribution in [1.82, 2.24) is 25.5 Å². The van der Waals surface area contributed by atoms with Crippen LogP contribution in [0.5, 0.6) is 0 Å². The number of aryl methyl sites for hydroxylation is 1. The van der Waals surface area contributed by atoms with Crippen LogP contribution in [0.1, 0.15) is 28.3 Å². The van der Waals surface area contributed by atoms with Crippen molar-refractivity contribution in [2.24, 2.45) is 0 Å². The molecule has 5 rings (SSSR count). The van der Waals surface area contributed by atoms with Gasteiger partial charge >= 0.3 is 0 Å². The lowest BCUT2D eigenvalue weighted by Gasteiger charge is -2.32. The van der Waals surface area contributed by atoms with Crippen LogP contribution in [0.3, 0.4) is 0 Å². The Kier molecular flexibility index (Phi) is 5.86. The van der Waals surface area contributed by atoms with Gasteiger partial charge in [0.1, 0.15) is 18.4 Å². The number of allylic oxidation sites excluding steroid dienone is 1. The van der Waals surface area contributed by atoms with Crippen molar-refractivity contribution >= 4 is 17.6 Å². The summed E-state index contributed by atoms with van der Waals surface area (Å²) in [6.07, 6.45) is 2.08.